The minimum Gasteiger partial charge on any atom is -0.435 e. The first-order valence-electron chi connectivity index (χ1n) is 3.61. The highest BCUT2D eigenvalue weighted by molar-refractivity contribution is 5.74. The van der Waals surface area contributed by atoms with Gasteiger partial charge in [0.15, 0.2) is 0 Å². The monoisotopic (exact) mass is 142 g/mol. The van der Waals surface area contributed by atoms with Crippen LogP contribution < -0.4 is 0 Å². The maximum Gasteiger partial charge on any atom is 0.311 e. The first kappa shape index (κ1) is 6.16. The molecule has 0 N–H and O–H groups in total. The summed E-state index contributed by atoms with van der Waals surface area (Å²) in [6, 6.07) is 0. The molecule has 3 atom stereocenters. The van der Waals surface area contributed by atoms with Crippen molar-refractivity contribution in [3.8, 4) is 0 Å². The van der Waals surface area contributed by atoms with Crippen LogP contribution in [0.3, 0.4) is 0 Å². The molecule has 0 saturated carbocycles. The lowest BCUT2D eigenvalue weighted by molar-refractivity contribution is -0.159. The van der Waals surface area contributed by atoms with Gasteiger partial charge in [-0.2, -0.15) is 0 Å². The molecule has 2 rings (SSSR count). The zero-order valence-electron chi connectivity index (χ0n) is 5.87. The first-order valence-corrected chi connectivity index (χ1v) is 3.61. The van der Waals surface area contributed by atoms with Gasteiger partial charge in [-0.25, -0.2) is 0 Å². The number of fused-ring (bicyclic) bond motifs is 1. The van der Waals surface area contributed by atoms with Gasteiger partial charge in [-0.3, -0.25) is 4.79 Å². The van der Waals surface area contributed by atoms with Crippen molar-refractivity contribution < 1.29 is 14.3 Å². The Balaban J connectivity index is 2.16. The summed E-state index contributed by atoms with van der Waals surface area (Å²) in [5.41, 5.74) is 0. The van der Waals surface area contributed by atoms with Crippen molar-refractivity contribution in [3.63, 3.8) is 0 Å². The van der Waals surface area contributed by atoms with Gasteiger partial charge in [0.25, 0.3) is 0 Å². The fourth-order valence-corrected chi connectivity index (χ4v) is 1.58. The molecule has 3 nitrogen and oxygen atoms in total. The number of hydrogen-bond donors (Lipinski definition) is 0. The Morgan fingerprint density at radius 3 is 3.10 bits per heavy atom. The summed E-state index contributed by atoms with van der Waals surface area (Å²) in [4.78, 5) is 10.9. The van der Waals surface area contributed by atoms with E-state index >= 15 is 0 Å². The van der Waals surface area contributed by atoms with Crippen LogP contribution in [0, 0.1) is 11.8 Å². The zero-order chi connectivity index (χ0) is 7.14. The van der Waals surface area contributed by atoms with E-state index in [1.165, 1.54) is 0 Å². The highest BCUT2D eigenvalue weighted by atomic mass is 16.7. The average molecular weight is 142 g/mol. The third-order valence-electron chi connectivity index (χ3n) is 2.33. The number of hydrogen-bond acceptors (Lipinski definition) is 3. The fraction of sp³-hybridized carbons (Fsp3) is 0.857. The molecule has 3 heteroatoms. The van der Waals surface area contributed by atoms with E-state index in [0.717, 1.165) is 13.0 Å². The Morgan fingerprint density at radius 2 is 2.40 bits per heavy atom. The van der Waals surface area contributed by atoms with Crippen LogP contribution in [0.5, 0.6) is 0 Å². The summed E-state index contributed by atoms with van der Waals surface area (Å²) < 4.78 is 10.1. The third kappa shape index (κ3) is 0.669. The molecule has 0 amide bonds. The lowest BCUT2D eigenvalue weighted by Gasteiger charge is -2.04. The van der Waals surface area contributed by atoms with E-state index in [-0.39, 0.29) is 18.2 Å². The lowest BCUT2D eigenvalue weighted by Crippen LogP contribution is -2.12. The smallest absolute Gasteiger partial charge is 0.311 e. The van der Waals surface area contributed by atoms with Gasteiger partial charge in [-0.15, -0.1) is 0 Å². The average Bonchev–Trinajstić information content (AvgIpc) is 2.41. The number of rotatable bonds is 0. The quantitative estimate of drug-likeness (QED) is 0.463. The highest BCUT2D eigenvalue weighted by Gasteiger charge is 2.45. The van der Waals surface area contributed by atoms with Crippen LogP contribution in [0.25, 0.3) is 0 Å². The number of ether oxygens (including phenoxy) is 2. The molecule has 2 fully saturated rings. The van der Waals surface area contributed by atoms with Crippen LogP contribution in [0.1, 0.15) is 13.3 Å². The summed E-state index contributed by atoms with van der Waals surface area (Å²) in [7, 11) is 0. The summed E-state index contributed by atoms with van der Waals surface area (Å²) in [5.74, 6) is 0.273. The molecule has 0 aromatic heterocycles. The van der Waals surface area contributed by atoms with Crippen molar-refractivity contribution in [2.45, 2.75) is 19.6 Å². The van der Waals surface area contributed by atoms with Crippen LogP contribution in [0.2, 0.25) is 0 Å². The molecule has 2 saturated heterocycles. The number of esters is 1. The van der Waals surface area contributed by atoms with E-state index in [0.29, 0.717) is 5.92 Å². The standard InChI is InChI=1S/C7H10O3/c1-4-5-2-3-9-7(5)10-6(4)8/h4-5,7H,2-3H2,1H3/t4-,5+,7-/m0/s1. The van der Waals surface area contributed by atoms with Crippen LogP contribution in [0.4, 0.5) is 0 Å². The maximum absolute atomic E-state index is 10.9. The Bertz CT molecular complexity index is 166. The molecule has 0 radical (unpaired) electrons. The molecule has 2 aliphatic heterocycles. The molecular formula is C7H10O3. The predicted octanol–water partition coefficient (Wildman–Crippen LogP) is 0.542. The van der Waals surface area contributed by atoms with Crippen molar-refractivity contribution in [2.75, 3.05) is 6.61 Å². The van der Waals surface area contributed by atoms with Crippen molar-refractivity contribution in [3.05, 3.63) is 0 Å². The van der Waals surface area contributed by atoms with Gasteiger partial charge in [-0.1, -0.05) is 6.92 Å². The zero-order valence-corrected chi connectivity index (χ0v) is 5.87. The van der Waals surface area contributed by atoms with Gasteiger partial charge in [-0.05, 0) is 6.42 Å². The molecule has 2 heterocycles. The lowest BCUT2D eigenvalue weighted by atomic mass is 9.95. The molecule has 0 aliphatic carbocycles. The van der Waals surface area contributed by atoms with Gasteiger partial charge < -0.3 is 9.47 Å². The molecule has 0 aromatic rings. The van der Waals surface area contributed by atoms with Gasteiger partial charge in [0.2, 0.25) is 6.29 Å². The second-order valence-corrected chi connectivity index (χ2v) is 2.92. The molecule has 10 heavy (non-hydrogen) atoms. The van der Waals surface area contributed by atoms with E-state index < -0.39 is 0 Å². The summed E-state index contributed by atoms with van der Waals surface area (Å²) in [6.45, 7) is 2.65. The van der Waals surface area contributed by atoms with E-state index in [2.05, 4.69) is 0 Å². The Kier molecular flexibility index (Phi) is 1.20. The summed E-state index contributed by atoms with van der Waals surface area (Å²) in [5, 5.41) is 0. The minimum absolute atomic E-state index is 0.0486. The Labute approximate surface area is 59.3 Å². The molecule has 56 valence electrons. The second-order valence-electron chi connectivity index (χ2n) is 2.92. The van der Waals surface area contributed by atoms with E-state index in [1.54, 1.807) is 0 Å². The van der Waals surface area contributed by atoms with Crippen molar-refractivity contribution in [2.24, 2.45) is 11.8 Å². The van der Waals surface area contributed by atoms with E-state index in [4.69, 9.17) is 9.47 Å². The largest absolute Gasteiger partial charge is 0.435 e. The molecule has 0 unspecified atom stereocenters. The second kappa shape index (κ2) is 1.95. The highest BCUT2D eigenvalue weighted by Crippen LogP contribution is 2.35. The third-order valence-corrected chi connectivity index (χ3v) is 2.33. The molecular weight excluding hydrogens is 132 g/mol. The van der Waals surface area contributed by atoms with E-state index in [9.17, 15) is 4.79 Å². The Hall–Kier alpha value is -0.570. The SMILES string of the molecule is C[C@@H]1C(=O)O[C@@H]2OCC[C@@H]21. The number of carbonyl (C=O) groups excluding carboxylic acids is 1. The van der Waals surface area contributed by atoms with Crippen molar-refractivity contribution >= 4 is 5.97 Å². The Morgan fingerprint density at radius 1 is 1.60 bits per heavy atom. The molecule has 0 spiro atoms. The van der Waals surface area contributed by atoms with Crippen LogP contribution in [-0.2, 0) is 14.3 Å². The summed E-state index contributed by atoms with van der Waals surface area (Å²) in [6.07, 6.45) is 0.750. The molecule has 0 bridgehead atoms. The number of carbonyl (C=O) groups is 1. The van der Waals surface area contributed by atoms with Gasteiger partial charge in [0.1, 0.15) is 0 Å². The molecule has 0 aromatic carbocycles. The normalized spacial score (nSPS) is 45.3. The maximum atomic E-state index is 10.9. The van der Waals surface area contributed by atoms with Gasteiger partial charge >= 0.3 is 5.97 Å². The topological polar surface area (TPSA) is 35.5 Å². The van der Waals surface area contributed by atoms with Crippen molar-refractivity contribution in [1.29, 1.82) is 0 Å². The minimum atomic E-state index is -0.220. The van der Waals surface area contributed by atoms with Crippen molar-refractivity contribution in [1.82, 2.24) is 0 Å². The van der Waals surface area contributed by atoms with Crippen LogP contribution >= 0.6 is 0 Å². The van der Waals surface area contributed by atoms with Crippen LogP contribution in [0.15, 0.2) is 0 Å². The molecule has 2 aliphatic rings. The van der Waals surface area contributed by atoms with Crippen LogP contribution in [-0.4, -0.2) is 18.9 Å². The fourth-order valence-electron chi connectivity index (χ4n) is 1.58. The first-order chi connectivity index (χ1) is 4.79. The predicted molar refractivity (Wildman–Crippen MR) is 33.1 cm³/mol. The summed E-state index contributed by atoms with van der Waals surface area (Å²) >= 11 is 0. The van der Waals surface area contributed by atoms with Gasteiger partial charge in [0, 0.05) is 5.92 Å². The van der Waals surface area contributed by atoms with E-state index in [1.807, 2.05) is 6.92 Å². The van der Waals surface area contributed by atoms with Gasteiger partial charge in [0.05, 0.1) is 12.5 Å².